The summed E-state index contributed by atoms with van der Waals surface area (Å²) in [7, 11) is 3.24. The number of rotatable bonds is 28. The second-order valence-electron chi connectivity index (χ2n) is 17.2. The number of carbonyl (C=O) groups is 2. The van der Waals surface area contributed by atoms with Crippen molar-refractivity contribution in [3.8, 4) is 35.2 Å². The second-order valence-corrected chi connectivity index (χ2v) is 17.2. The first-order valence-corrected chi connectivity index (χ1v) is 24.9. The van der Waals surface area contributed by atoms with E-state index >= 15 is 0 Å². The molecule has 0 unspecified atom stereocenters. The summed E-state index contributed by atoms with van der Waals surface area (Å²) in [4.78, 5) is 56.2. The summed E-state index contributed by atoms with van der Waals surface area (Å²) in [6, 6.07) is 26.4. The third kappa shape index (κ3) is 29.0. The number of methoxy groups -OCH3 is 2. The number of hydrogen-bond donors (Lipinski definition) is 0. The van der Waals surface area contributed by atoms with Crippen molar-refractivity contribution >= 4 is 18.2 Å². The van der Waals surface area contributed by atoms with Crippen LogP contribution >= 0.6 is 0 Å². The topological polar surface area (TPSA) is 250 Å². The largest absolute Gasteiger partial charge is 1.00 e. The smallest absolute Gasteiger partial charge is 0.870 e. The third-order valence-electron chi connectivity index (χ3n) is 11.3. The van der Waals surface area contributed by atoms with Crippen molar-refractivity contribution in [2.45, 2.75) is 26.2 Å². The van der Waals surface area contributed by atoms with Gasteiger partial charge in [0.1, 0.15) is 24.7 Å². The summed E-state index contributed by atoms with van der Waals surface area (Å²) in [5.41, 5.74) is 4.15. The van der Waals surface area contributed by atoms with Crippen LogP contribution < -0.4 is 174 Å². The quantitative estimate of drug-likeness (QED) is 0.0195. The van der Waals surface area contributed by atoms with Gasteiger partial charge >= 0.3 is 154 Å². The van der Waals surface area contributed by atoms with Gasteiger partial charge in [0.25, 0.3) is 0 Å². The van der Waals surface area contributed by atoms with E-state index in [1.165, 1.54) is 12.1 Å². The molecule has 23 heteroatoms. The number of carbonyl (C=O) groups excluding carboxylic acids is 3. The molecule has 20 nitrogen and oxygen atoms in total. The Morgan fingerprint density at radius 2 is 0.875 bits per heavy atom. The maximum atomic E-state index is 12.3. The van der Waals surface area contributed by atoms with E-state index in [0.29, 0.717) is 164 Å². The van der Waals surface area contributed by atoms with Crippen LogP contribution in [-0.2, 0) is 59.4 Å². The van der Waals surface area contributed by atoms with E-state index in [0.717, 1.165) is 11.4 Å². The van der Waals surface area contributed by atoms with Crippen LogP contribution in [0.2, 0.25) is 0 Å². The Kier molecular flexibility index (Phi) is 40.0. The van der Waals surface area contributed by atoms with Gasteiger partial charge in [-0.15, -0.1) is 0 Å². The molecule has 1 aliphatic rings. The Balaban J connectivity index is 0.00000547. The van der Waals surface area contributed by atoms with Gasteiger partial charge in [-0.1, -0.05) is 36.3 Å². The zero-order valence-corrected chi connectivity index (χ0v) is 55.8. The van der Waals surface area contributed by atoms with E-state index in [9.17, 15) is 24.6 Å². The van der Waals surface area contributed by atoms with Crippen LogP contribution in [0.1, 0.15) is 66.0 Å². The summed E-state index contributed by atoms with van der Waals surface area (Å²) >= 11 is 0. The van der Waals surface area contributed by atoms with Crippen molar-refractivity contribution in [2.24, 2.45) is 0 Å². The molecule has 0 fully saturated rings. The fraction of sp³-hybridized carbons (Fsp3) is 0.404. The maximum Gasteiger partial charge on any atom is 1.00 e. The summed E-state index contributed by atoms with van der Waals surface area (Å²) in [5.74, 6) is 10.8. The van der Waals surface area contributed by atoms with Crippen LogP contribution in [0.3, 0.4) is 0 Å². The fourth-order valence-electron chi connectivity index (χ4n) is 7.59. The number of ether oxygens (including phenoxy) is 8. The zero-order chi connectivity index (χ0) is 53.6. The van der Waals surface area contributed by atoms with Crippen molar-refractivity contribution in [3.05, 3.63) is 147 Å². The standard InChI is InChI=1S/C57H65N6O13.3K.H2O/c1-69-24-26-71-28-30-73-32-34-75-52-14-10-44(11-15-52)6-8-46-36-50(59-54(38-46)56(65)66)42-61-18-19-62(22-23-64)40-48-4-3-5-49(58-48)41-63(21-20-61)43-51-37-47(39-55(60-51)57(67)68)9-7-45-12-16-53(17-13-45)76-35-33-74-31-29-72-27-25-70-2;;;;/h3-5,10-17,36-39H,18-22,24-35,40-43H2,1-2H3,(H,65,66)(H,67,68);;;;1H2/q-1;3*+1;/p-3. The first kappa shape index (κ1) is 73.8. The number of carboxylic acids is 2. The molecule has 2 aromatic carbocycles. The van der Waals surface area contributed by atoms with Gasteiger partial charge in [-0.25, -0.2) is 6.29 Å². The van der Waals surface area contributed by atoms with Gasteiger partial charge in [0, 0.05) is 88.8 Å². The molecule has 0 aliphatic carbocycles. The molecule has 5 aromatic rings. The molecular formula is C57H64K3N6O14-. The minimum absolute atomic E-state index is 0. The molecule has 1 N–H and O–H groups in total. The number of aromatic carboxylic acids is 2. The Morgan fingerprint density at radius 3 is 1.30 bits per heavy atom. The van der Waals surface area contributed by atoms with E-state index in [-0.39, 0.29) is 191 Å². The molecule has 0 amide bonds. The van der Waals surface area contributed by atoms with E-state index in [2.05, 4.69) is 43.4 Å². The Labute approximate surface area is 596 Å². The van der Waals surface area contributed by atoms with Crippen molar-refractivity contribution in [3.63, 3.8) is 0 Å². The Morgan fingerprint density at radius 1 is 0.500 bits per heavy atom. The van der Waals surface area contributed by atoms with Crippen LogP contribution in [0.25, 0.3) is 0 Å². The number of pyridine rings is 3. The van der Waals surface area contributed by atoms with E-state index in [1.54, 1.807) is 50.6 Å². The number of fused-ring (bicyclic) bond motifs is 2. The molecule has 6 rings (SSSR count). The number of hydrogen-bond acceptors (Lipinski definition) is 20. The van der Waals surface area contributed by atoms with Crippen molar-refractivity contribution in [1.82, 2.24) is 29.7 Å². The van der Waals surface area contributed by atoms with E-state index in [1.807, 2.05) is 53.7 Å². The van der Waals surface area contributed by atoms with Crippen LogP contribution in [0, 0.1) is 23.7 Å². The number of carboxylic acid groups (broad SMARTS) is 2. The van der Waals surface area contributed by atoms with Crippen molar-refractivity contribution in [2.75, 3.05) is 126 Å². The first-order chi connectivity index (χ1) is 37.2. The van der Waals surface area contributed by atoms with Crippen LogP contribution in [0.15, 0.2) is 91.0 Å². The molecule has 0 radical (unpaired) electrons. The normalized spacial score (nSPS) is 12.6. The number of nitrogens with zero attached hydrogens (tertiary/aromatic N) is 6. The van der Waals surface area contributed by atoms with Gasteiger partial charge < -0.3 is 72.9 Å². The van der Waals surface area contributed by atoms with Crippen molar-refractivity contribution < 1.29 is 222 Å². The SMILES string of the molecule is COCCOCCOCCOc1ccc(C#Cc2cc(CN3CCN(C[C-]=O)Cc4cccc(n4)CN(Cc4cc(C#Cc5ccc(OCCOCCOCCOC)cc5)cc(C(=O)[O-])n4)CC3)nc(C(=O)[O-])c2)cc1.[K+].[K+].[K+].[OH-]. The zero-order valence-electron chi connectivity index (χ0n) is 46.4. The predicted molar refractivity (Wildman–Crippen MR) is 277 cm³/mol. The molecule has 0 saturated heterocycles. The minimum Gasteiger partial charge on any atom is -0.870 e. The Bertz CT molecular complexity index is 2740. The summed E-state index contributed by atoms with van der Waals surface area (Å²) in [6.07, 6.45) is 2.02. The third-order valence-corrected chi connectivity index (χ3v) is 11.3. The van der Waals surface area contributed by atoms with Gasteiger partial charge in [-0.3, -0.25) is 24.8 Å². The molecule has 4 heterocycles. The second kappa shape index (κ2) is 43.4. The Hall–Kier alpha value is -2.27. The van der Waals surface area contributed by atoms with Gasteiger partial charge in [-0.05, 0) is 84.9 Å². The van der Waals surface area contributed by atoms with Crippen molar-refractivity contribution in [1.29, 1.82) is 0 Å². The van der Waals surface area contributed by atoms with Crippen LogP contribution in [0.5, 0.6) is 11.5 Å². The molecule has 0 saturated carbocycles. The molecule has 3 aromatic heterocycles. The fourth-order valence-corrected chi connectivity index (χ4v) is 7.59. The van der Waals surface area contributed by atoms with Gasteiger partial charge in [0.15, 0.2) is 0 Å². The van der Waals surface area contributed by atoms with Crippen LogP contribution in [0.4, 0.5) is 0 Å². The number of aromatic nitrogens is 3. The molecular weight excluding hydrogens is 1110 g/mol. The maximum absolute atomic E-state index is 12.3. The summed E-state index contributed by atoms with van der Waals surface area (Å²) in [5, 5.41) is 24.6. The summed E-state index contributed by atoms with van der Waals surface area (Å²) in [6.45, 7) is 8.53. The first-order valence-electron chi connectivity index (χ1n) is 24.9. The number of benzene rings is 2. The van der Waals surface area contributed by atoms with Gasteiger partial charge in [0.2, 0.25) is 0 Å². The van der Waals surface area contributed by atoms with E-state index < -0.39 is 11.9 Å². The van der Waals surface area contributed by atoms with Crippen LogP contribution in [-0.4, -0.2) is 180 Å². The monoisotopic (exact) mass is 1170 g/mol. The summed E-state index contributed by atoms with van der Waals surface area (Å²) < 4.78 is 43.3. The van der Waals surface area contributed by atoms with Gasteiger partial charge in [0.05, 0.1) is 112 Å². The van der Waals surface area contributed by atoms with E-state index in [4.69, 9.17) is 42.9 Å². The average Bonchev–Trinajstić information content (AvgIpc) is 3.45. The van der Waals surface area contributed by atoms with Gasteiger partial charge in [-0.2, -0.15) is 0 Å². The molecule has 0 spiro atoms. The molecule has 2 bridgehead atoms. The molecule has 1 aliphatic heterocycles. The molecule has 80 heavy (non-hydrogen) atoms. The minimum atomic E-state index is -1.44. The molecule has 0 atom stereocenters. The predicted octanol–water partition coefficient (Wildman–Crippen LogP) is -7.22. The molecule has 410 valence electrons. The average molecular weight is 1170 g/mol.